The standard InChI is InChI=1S/C21H29NO3/c1-12(23)25-18-11-17-15-5-4-13-10-14(24)6-8-20(13,2)16(15)7-9-21(17,3)19(18)22/h4-6,8,10,14-19,24H,7,9,11,22H2,1-3H3/t14-,15+,16-,17-,18+,19-,20-,21-/m0/s1. The molecule has 4 heteroatoms. The number of fused-ring (bicyclic) bond motifs is 5. The van der Waals surface area contributed by atoms with Crippen LogP contribution in [-0.4, -0.2) is 29.3 Å². The fourth-order valence-corrected chi connectivity index (χ4v) is 6.13. The van der Waals surface area contributed by atoms with Crippen molar-refractivity contribution in [3.8, 4) is 0 Å². The Morgan fingerprint density at radius 2 is 2.08 bits per heavy atom. The summed E-state index contributed by atoms with van der Waals surface area (Å²) in [6.45, 7) is 6.05. The molecule has 0 aromatic rings. The number of allylic oxidation sites excluding steroid dienone is 4. The predicted molar refractivity (Wildman–Crippen MR) is 96.4 cm³/mol. The number of nitrogens with two attached hydrogens (primary N) is 1. The molecule has 25 heavy (non-hydrogen) atoms. The number of hydrogen-bond acceptors (Lipinski definition) is 4. The van der Waals surface area contributed by atoms with Crippen LogP contribution in [0.3, 0.4) is 0 Å². The van der Waals surface area contributed by atoms with Gasteiger partial charge in [-0.2, -0.15) is 0 Å². The molecule has 0 aliphatic heterocycles. The average Bonchev–Trinajstić information content (AvgIpc) is 2.79. The van der Waals surface area contributed by atoms with Gasteiger partial charge in [-0.25, -0.2) is 0 Å². The molecule has 0 radical (unpaired) electrons. The van der Waals surface area contributed by atoms with Gasteiger partial charge >= 0.3 is 5.97 Å². The molecule has 0 saturated heterocycles. The Morgan fingerprint density at radius 3 is 2.80 bits per heavy atom. The van der Waals surface area contributed by atoms with Crippen LogP contribution in [0, 0.1) is 28.6 Å². The van der Waals surface area contributed by atoms with Crippen molar-refractivity contribution < 1.29 is 14.6 Å². The zero-order valence-corrected chi connectivity index (χ0v) is 15.3. The van der Waals surface area contributed by atoms with Gasteiger partial charge in [-0.1, -0.05) is 38.2 Å². The number of hydrogen-bond donors (Lipinski definition) is 2. The van der Waals surface area contributed by atoms with Gasteiger partial charge in [-0.05, 0) is 54.1 Å². The van der Waals surface area contributed by atoms with Crippen LogP contribution in [-0.2, 0) is 9.53 Å². The fourth-order valence-electron chi connectivity index (χ4n) is 6.13. The summed E-state index contributed by atoms with van der Waals surface area (Å²) >= 11 is 0. The quantitative estimate of drug-likeness (QED) is 0.567. The first-order chi connectivity index (χ1) is 11.8. The van der Waals surface area contributed by atoms with E-state index in [2.05, 4.69) is 32.1 Å². The van der Waals surface area contributed by atoms with Gasteiger partial charge in [-0.3, -0.25) is 4.79 Å². The third-order valence-corrected chi connectivity index (χ3v) is 7.62. The second-order valence-electron chi connectivity index (χ2n) is 8.86. The van der Waals surface area contributed by atoms with Gasteiger partial charge in [0.1, 0.15) is 6.10 Å². The molecular formula is C21H29NO3. The van der Waals surface area contributed by atoms with Crippen molar-refractivity contribution in [1.82, 2.24) is 0 Å². The Labute approximate surface area is 149 Å². The van der Waals surface area contributed by atoms with Crippen molar-refractivity contribution in [3.63, 3.8) is 0 Å². The number of esters is 1. The highest BCUT2D eigenvalue weighted by atomic mass is 16.5. The van der Waals surface area contributed by atoms with Crippen LogP contribution in [0.4, 0.5) is 0 Å². The first-order valence-corrected chi connectivity index (χ1v) is 9.46. The van der Waals surface area contributed by atoms with Crippen LogP contribution < -0.4 is 5.73 Å². The SMILES string of the molecule is CC(=O)O[C@@H]1C[C@H]2[C@@H]3C=CC4=C[C@@H](O)C=C[C@]4(C)[C@H]3CC[C@]2(C)[C@H]1N. The van der Waals surface area contributed by atoms with Gasteiger partial charge in [0.05, 0.1) is 6.10 Å². The van der Waals surface area contributed by atoms with Crippen LogP contribution in [0.2, 0.25) is 0 Å². The van der Waals surface area contributed by atoms with Crippen molar-refractivity contribution in [2.24, 2.45) is 34.3 Å². The summed E-state index contributed by atoms with van der Waals surface area (Å²) in [5, 5.41) is 9.94. The van der Waals surface area contributed by atoms with Gasteiger partial charge in [0, 0.05) is 18.4 Å². The van der Waals surface area contributed by atoms with E-state index in [1.807, 2.05) is 12.2 Å². The number of carbonyl (C=O) groups is 1. The third kappa shape index (κ3) is 2.37. The van der Waals surface area contributed by atoms with E-state index < -0.39 is 6.10 Å². The number of aliphatic hydroxyl groups excluding tert-OH is 1. The van der Waals surface area contributed by atoms with E-state index in [0.29, 0.717) is 17.8 Å². The number of aliphatic hydroxyl groups is 1. The molecule has 4 rings (SSSR count). The van der Waals surface area contributed by atoms with Crippen molar-refractivity contribution in [1.29, 1.82) is 0 Å². The molecule has 0 heterocycles. The summed E-state index contributed by atoms with van der Waals surface area (Å²) in [5.74, 6) is 1.14. The molecule has 2 saturated carbocycles. The second-order valence-corrected chi connectivity index (χ2v) is 8.86. The van der Waals surface area contributed by atoms with E-state index >= 15 is 0 Å². The minimum absolute atomic E-state index is 0.0150. The molecule has 3 N–H and O–H groups in total. The number of rotatable bonds is 1. The lowest BCUT2D eigenvalue weighted by Gasteiger charge is -2.54. The predicted octanol–water partition coefficient (Wildman–Crippen LogP) is 2.73. The summed E-state index contributed by atoms with van der Waals surface area (Å²) in [4.78, 5) is 11.5. The van der Waals surface area contributed by atoms with Crippen LogP contribution in [0.15, 0.2) is 36.0 Å². The minimum Gasteiger partial charge on any atom is -0.461 e. The molecule has 4 nitrogen and oxygen atoms in total. The normalized spacial score (nSPS) is 50.5. The summed E-state index contributed by atoms with van der Waals surface area (Å²) in [7, 11) is 0. The van der Waals surface area contributed by atoms with Crippen LogP contribution in [0.25, 0.3) is 0 Å². The van der Waals surface area contributed by atoms with Gasteiger partial charge in [0.15, 0.2) is 0 Å². The Bertz CT molecular complexity index is 681. The van der Waals surface area contributed by atoms with Gasteiger partial charge in [0.25, 0.3) is 0 Å². The molecule has 4 aliphatic rings. The first kappa shape index (κ1) is 17.0. The highest BCUT2D eigenvalue weighted by Crippen LogP contribution is 2.62. The first-order valence-electron chi connectivity index (χ1n) is 9.46. The molecule has 0 amide bonds. The molecule has 0 aromatic carbocycles. The molecule has 2 fully saturated rings. The lowest BCUT2D eigenvalue weighted by atomic mass is 9.50. The molecule has 0 aromatic heterocycles. The van der Waals surface area contributed by atoms with E-state index in [1.165, 1.54) is 12.5 Å². The zero-order valence-electron chi connectivity index (χ0n) is 15.3. The molecule has 0 bridgehead atoms. The number of carbonyl (C=O) groups excluding carboxylic acids is 1. The Morgan fingerprint density at radius 1 is 1.32 bits per heavy atom. The molecule has 0 spiro atoms. The van der Waals surface area contributed by atoms with Gasteiger partial charge < -0.3 is 15.6 Å². The Hall–Kier alpha value is -1.39. The molecular weight excluding hydrogens is 314 g/mol. The van der Waals surface area contributed by atoms with Gasteiger partial charge in [0.2, 0.25) is 0 Å². The molecule has 136 valence electrons. The smallest absolute Gasteiger partial charge is 0.302 e. The summed E-state index contributed by atoms with van der Waals surface area (Å²) in [6.07, 6.45) is 13.0. The van der Waals surface area contributed by atoms with Crippen molar-refractivity contribution in [2.75, 3.05) is 0 Å². The summed E-state index contributed by atoms with van der Waals surface area (Å²) in [6, 6.07) is -0.0933. The maximum atomic E-state index is 11.5. The summed E-state index contributed by atoms with van der Waals surface area (Å²) < 4.78 is 5.56. The van der Waals surface area contributed by atoms with Crippen molar-refractivity contribution >= 4 is 5.97 Å². The highest BCUT2D eigenvalue weighted by molar-refractivity contribution is 5.66. The number of ether oxygens (including phenoxy) is 1. The molecule has 0 unspecified atom stereocenters. The van der Waals surface area contributed by atoms with Crippen molar-refractivity contribution in [3.05, 3.63) is 36.0 Å². The third-order valence-electron chi connectivity index (χ3n) is 7.62. The largest absolute Gasteiger partial charge is 0.461 e. The molecule has 4 aliphatic carbocycles. The Kier molecular flexibility index (Phi) is 3.79. The fraction of sp³-hybridized carbons (Fsp3) is 0.667. The average molecular weight is 343 g/mol. The van der Waals surface area contributed by atoms with E-state index in [9.17, 15) is 9.90 Å². The second kappa shape index (κ2) is 5.55. The van der Waals surface area contributed by atoms with Crippen molar-refractivity contribution in [2.45, 2.75) is 58.3 Å². The van der Waals surface area contributed by atoms with Crippen LogP contribution in [0.1, 0.15) is 40.0 Å². The maximum absolute atomic E-state index is 11.5. The van der Waals surface area contributed by atoms with E-state index in [1.54, 1.807) is 0 Å². The topological polar surface area (TPSA) is 72.5 Å². The van der Waals surface area contributed by atoms with E-state index in [4.69, 9.17) is 10.5 Å². The monoisotopic (exact) mass is 343 g/mol. The maximum Gasteiger partial charge on any atom is 0.302 e. The van der Waals surface area contributed by atoms with Crippen LogP contribution in [0.5, 0.6) is 0 Å². The lowest BCUT2D eigenvalue weighted by Crippen LogP contribution is -2.51. The lowest BCUT2D eigenvalue weighted by molar-refractivity contribution is -0.147. The highest BCUT2D eigenvalue weighted by Gasteiger charge is 2.60. The summed E-state index contributed by atoms with van der Waals surface area (Å²) in [5.41, 5.74) is 7.78. The van der Waals surface area contributed by atoms with Gasteiger partial charge in [-0.15, -0.1) is 0 Å². The van der Waals surface area contributed by atoms with E-state index in [-0.39, 0.29) is 28.9 Å². The molecule has 8 atom stereocenters. The zero-order chi connectivity index (χ0) is 18.0. The van der Waals surface area contributed by atoms with E-state index in [0.717, 1.165) is 19.3 Å². The Balaban J connectivity index is 1.69. The minimum atomic E-state index is -0.480. The van der Waals surface area contributed by atoms with Crippen LogP contribution >= 0.6 is 0 Å².